The Morgan fingerprint density at radius 1 is 0.840 bits per heavy atom. The van der Waals surface area contributed by atoms with Gasteiger partial charge in [-0.15, -0.1) is 0 Å². The number of rotatable bonds is 28. The molecule has 288 valence electrons. The highest BCUT2D eigenvalue weighted by Gasteiger charge is 2.52. The number of carboxylic acids is 1. The molecule has 13 nitrogen and oxygen atoms in total. The van der Waals surface area contributed by atoms with Gasteiger partial charge < -0.3 is 53.8 Å². The van der Waals surface area contributed by atoms with E-state index in [9.17, 15) is 24.9 Å². The summed E-state index contributed by atoms with van der Waals surface area (Å²) in [5.41, 5.74) is 0.841. The van der Waals surface area contributed by atoms with Crippen LogP contribution in [0, 0.1) is 0 Å². The monoisotopic (exact) mass is 713 g/mol. The van der Waals surface area contributed by atoms with Crippen molar-refractivity contribution in [3.05, 3.63) is 35.9 Å². The molecule has 0 bridgehead atoms. The predicted molar refractivity (Wildman–Crippen MR) is 186 cm³/mol. The fourth-order valence-corrected chi connectivity index (χ4v) is 5.47. The molecule has 1 amide bonds. The van der Waals surface area contributed by atoms with Gasteiger partial charge in [0, 0.05) is 40.0 Å². The molecule has 1 fully saturated rings. The van der Waals surface area contributed by atoms with Crippen LogP contribution in [0.2, 0.25) is 0 Å². The number of benzene rings is 1. The van der Waals surface area contributed by atoms with Gasteiger partial charge in [-0.3, -0.25) is 4.79 Å². The maximum Gasteiger partial charge on any atom is 0.335 e. The van der Waals surface area contributed by atoms with Crippen LogP contribution in [-0.4, -0.2) is 115 Å². The van der Waals surface area contributed by atoms with E-state index >= 15 is 0 Å². The molecule has 1 aromatic rings. The summed E-state index contributed by atoms with van der Waals surface area (Å²) in [7, 11) is 0. The third kappa shape index (κ3) is 15.6. The van der Waals surface area contributed by atoms with Crippen molar-refractivity contribution in [2.45, 2.75) is 154 Å². The van der Waals surface area contributed by atoms with Crippen molar-refractivity contribution < 1.29 is 58.1 Å². The van der Waals surface area contributed by atoms with Gasteiger partial charge in [-0.05, 0) is 37.7 Å². The third-order valence-electron chi connectivity index (χ3n) is 8.35. The van der Waals surface area contributed by atoms with Gasteiger partial charge in [0.2, 0.25) is 5.91 Å². The molecule has 13 heteroatoms. The molecule has 1 saturated heterocycles. The number of aliphatic hydroxyl groups excluding tert-OH is 2. The van der Waals surface area contributed by atoms with Gasteiger partial charge in [-0.1, -0.05) is 83.7 Å². The van der Waals surface area contributed by atoms with E-state index in [2.05, 4.69) is 12.2 Å². The first-order valence-corrected chi connectivity index (χ1v) is 18.4. The molecule has 0 radical (unpaired) electrons. The van der Waals surface area contributed by atoms with Crippen LogP contribution in [0.4, 0.5) is 0 Å². The lowest BCUT2D eigenvalue weighted by Crippen LogP contribution is -2.64. The van der Waals surface area contributed by atoms with Crippen molar-refractivity contribution in [1.29, 1.82) is 0 Å². The van der Waals surface area contributed by atoms with Crippen LogP contribution in [0.3, 0.4) is 0 Å². The zero-order chi connectivity index (χ0) is 36.7. The van der Waals surface area contributed by atoms with Crippen LogP contribution < -0.4 is 5.32 Å². The Labute approximate surface area is 298 Å². The van der Waals surface area contributed by atoms with Crippen molar-refractivity contribution in [2.75, 3.05) is 33.0 Å². The zero-order valence-electron chi connectivity index (χ0n) is 30.7. The summed E-state index contributed by atoms with van der Waals surface area (Å²) >= 11 is 0. The summed E-state index contributed by atoms with van der Waals surface area (Å²) in [5.74, 6) is -1.80. The molecule has 0 spiro atoms. The van der Waals surface area contributed by atoms with Gasteiger partial charge in [0.05, 0.1) is 12.7 Å². The second-order valence-electron chi connectivity index (χ2n) is 12.7. The number of carbonyl (C=O) groups is 2. The zero-order valence-corrected chi connectivity index (χ0v) is 30.7. The normalized spacial score (nSPS) is 23.2. The van der Waals surface area contributed by atoms with Gasteiger partial charge in [-0.2, -0.15) is 0 Å². The van der Waals surface area contributed by atoms with Crippen LogP contribution in [0.25, 0.3) is 0 Å². The first-order valence-electron chi connectivity index (χ1n) is 18.4. The molecule has 1 heterocycles. The van der Waals surface area contributed by atoms with Crippen LogP contribution in [-0.2, 0) is 49.4 Å². The molecule has 0 aromatic heterocycles. The molecular weight excluding hydrogens is 650 g/mol. The summed E-state index contributed by atoms with van der Waals surface area (Å²) in [5, 5.41) is 35.5. The van der Waals surface area contributed by atoms with E-state index in [1.54, 1.807) is 0 Å². The molecule has 1 aliphatic heterocycles. The Morgan fingerprint density at radius 2 is 1.46 bits per heavy atom. The molecule has 2 rings (SSSR count). The number of ether oxygens (including phenoxy) is 7. The van der Waals surface area contributed by atoms with E-state index < -0.39 is 67.1 Å². The highest BCUT2D eigenvalue weighted by atomic mass is 16.7. The number of carboxylic acid groups (broad SMARTS) is 1. The van der Waals surface area contributed by atoms with E-state index in [4.69, 9.17) is 33.2 Å². The maximum atomic E-state index is 12.5. The van der Waals surface area contributed by atoms with Crippen molar-refractivity contribution in [3.8, 4) is 0 Å². The average Bonchev–Trinajstić information content (AvgIpc) is 3.09. The molecule has 9 atom stereocenters. The van der Waals surface area contributed by atoms with Gasteiger partial charge in [0.1, 0.15) is 30.5 Å². The molecule has 3 unspecified atom stereocenters. The first kappa shape index (κ1) is 44.0. The van der Waals surface area contributed by atoms with E-state index in [0.717, 1.165) is 37.7 Å². The Kier molecular flexibility index (Phi) is 22.6. The van der Waals surface area contributed by atoms with Gasteiger partial charge in [-0.25, -0.2) is 4.79 Å². The van der Waals surface area contributed by atoms with Gasteiger partial charge in [0.15, 0.2) is 18.7 Å². The van der Waals surface area contributed by atoms with Crippen molar-refractivity contribution in [1.82, 2.24) is 5.32 Å². The summed E-state index contributed by atoms with van der Waals surface area (Å²) < 4.78 is 43.2. The number of carbonyl (C=O) groups excluding carboxylic acids is 1. The number of unbranched alkanes of at least 4 members (excludes halogenated alkanes) is 4. The molecule has 4 N–H and O–H groups in total. The first-order chi connectivity index (χ1) is 24.2. The van der Waals surface area contributed by atoms with Crippen LogP contribution in [0.5, 0.6) is 0 Å². The van der Waals surface area contributed by atoms with Crippen LogP contribution >= 0.6 is 0 Å². The Balaban J connectivity index is 2.58. The molecule has 1 aromatic carbocycles. The Bertz CT molecular complexity index is 1030. The van der Waals surface area contributed by atoms with Crippen molar-refractivity contribution >= 4 is 11.9 Å². The SMILES string of the molecule is CCCCOCC[C@@H](O[C@@H]1OC(C(=O)O)[C@@H](O)[C@H](OCCCC)C1OCc1ccccc1)[C@H](OCCCC)C(NC(C)=O)[C@@H](O)OCCCC. The number of amides is 1. The van der Waals surface area contributed by atoms with E-state index in [0.29, 0.717) is 25.9 Å². The predicted octanol–water partition coefficient (Wildman–Crippen LogP) is 4.34. The summed E-state index contributed by atoms with van der Waals surface area (Å²) in [6.07, 6.45) is -3.53. The second kappa shape index (κ2) is 25.7. The topological polar surface area (TPSA) is 171 Å². The Morgan fingerprint density at radius 3 is 2.08 bits per heavy atom. The number of nitrogens with one attached hydrogen (secondary N) is 1. The minimum absolute atomic E-state index is 0.104. The van der Waals surface area contributed by atoms with Gasteiger partial charge in [0.25, 0.3) is 0 Å². The molecular formula is C37H63NO12. The number of aliphatic hydroxyl groups is 2. The fourth-order valence-electron chi connectivity index (χ4n) is 5.47. The quantitative estimate of drug-likeness (QED) is 0.0717. The second-order valence-corrected chi connectivity index (χ2v) is 12.7. The fraction of sp³-hybridized carbons (Fsp3) is 0.784. The highest BCUT2D eigenvalue weighted by Crippen LogP contribution is 2.31. The van der Waals surface area contributed by atoms with E-state index in [-0.39, 0.29) is 39.5 Å². The summed E-state index contributed by atoms with van der Waals surface area (Å²) in [6, 6.07) is 8.33. The number of hydrogen-bond donors (Lipinski definition) is 4. The minimum atomic E-state index is -1.68. The molecule has 50 heavy (non-hydrogen) atoms. The van der Waals surface area contributed by atoms with Crippen LogP contribution in [0.1, 0.15) is 98.0 Å². The smallest absolute Gasteiger partial charge is 0.335 e. The third-order valence-corrected chi connectivity index (χ3v) is 8.35. The lowest BCUT2D eigenvalue weighted by molar-refractivity contribution is -0.329. The summed E-state index contributed by atoms with van der Waals surface area (Å²) in [4.78, 5) is 24.9. The lowest BCUT2D eigenvalue weighted by atomic mass is 9.97. The van der Waals surface area contributed by atoms with Gasteiger partial charge >= 0.3 is 5.97 Å². The minimum Gasteiger partial charge on any atom is -0.479 e. The Hall–Kier alpha value is -2.20. The molecule has 0 aliphatic carbocycles. The largest absolute Gasteiger partial charge is 0.479 e. The standard InChI is InChI=1S/C37H63NO12/c1-6-10-20-44-24-19-28(31(45-21-11-7-2)29(38-26(5)39)36(43)47-23-13-9-4)49-37-34(48-25-27-17-15-14-16-18-27)32(46-22-12-8-3)30(40)33(50-37)35(41)42/h14-18,28-34,36-37,40,43H,6-13,19-25H2,1-5H3,(H,38,39)(H,41,42)/t28-,29?,30+,31+,32+,33?,34?,36+,37-/m1/s1. The average molecular weight is 714 g/mol. The summed E-state index contributed by atoms with van der Waals surface area (Å²) in [6.45, 7) is 11.1. The molecule has 1 aliphatic rings. The van der Waals surface area contributed by atoms with E-state index in [1.807, 2.05) is 51.1 Å². The number of aliphatic carboxylic acids is 1. The van der Waals surface area contributed by atoms with Crippen molar-refractivity contribution in [2.24, 2.45) is 0 Å². The highest BCUT2D eigenvalue weighted by molar-refractivity contribution is 5.73. The van der Waals surface area contributed by atoms with E-state index in [1.165, 1.54) is 6.92 Å². The number of hydrogen-bond acceptors (Lipinski definition) is 11. The maximum absolute atomic E-state index is 12.5. The van der Waals surface area contributed by atoms with Crippen molar-refractivity contribution in [3.63, 3.8) is 0 Å². The van der Waals surface area contributed by atoms with Crippen LogP contribution in [0.15, 0.2) is 30.3 Å². The molecule has 0 saturated carbocycles. The lowest BCUT2D eigenvalue weighted by Gasteiger charge is -2.45.